The molecule has 6 nitrogen and oxygen atoms in total. The Morgan fingerprint density at radius 2 is 1.96 bits per heavy atom. The van der Waals surface area contributed by atoms with Gasteiger partial charge >= 0.3 is 5.97 Å². The van der Waals surface area contributed by atoms with Crippen LogP contribution >= 0.6 is 11.3 Å². The standard InChI is InChI=1S/C20H20N2O4S2/c1-4-26-20(23)16-6-5-7-17(10-16)22-28(24,25)19-11-15(9-8-13(19)2)18-12-27-14(3)21-18/h5-12,22H,4H2,1-3H3. The number of benzene rings is 2. The van der Waals surface area contributed by atoms with Crippen LogP contribution in [0.5, 0.6) is 0 Å². The molecule has 3 aromatic rings. The Kier molecular flexibility index (Phi) is 5.81. The van der Waals surface area contributed by atoms with E-state index in [-0.39, 0.29) is 17.1 Å². The molecule has 0 unspecified atom stereocenters. The largest absolute Gasteiger partial charge is 0.462 e. The number of ether oxygens (including phenoxy) is 1. The molecule has 0 atom stereocenters. The molecule has 0 aliphatic heterocycles. The number of nitrogens with one attached hydrogen (secondary N) is 1. The van der Waals surface area contributed by atoms with Gasteiger partial charge in [-0.3, -0.25) is 4.72 Å². The lowest BCUT2D eigenvalue weighted by molar-refractivity contribution is 0.0526. The number of esters is 1. The first-order valence-corrected chi connectivity index (χ1v) is 11.0. The predicted molar refractivity (Wildman–Crippen MR) is 110 cm³/mol. The highest BCUT2D eigenvalue weighted by Gasteiger charge is 2.19. The smallest absolute Gasteiger partial charge is 0.338 e. The number of hydrogen-bond donors (Lipinski definition) is 1. The average molecular weight is 417 g/mol. The van der Waals surface area contributed by atoms with Crippen molar-refractivity contribution < 1.29 is 17.9 Å². The van der Waals surface area contributed by atoms with E-state index >= 15 is 0 Å². The SMILES string of the molecule is CCOC(=O)c1cccc(NS(=O)(=O)c2cc(-c3csc(C)n3)ccc2C)c1. The van der Waals surface area contributed by atoms with Gasteiger partial charge in [0.05, 0.1) is 27.8 Å². The zero-order chi connectivity index (χ0) is 20.3. The van der Waals surface area contributed by atoms with Crippen molar-refractivity contribution in [3.05, 3.63) is 64.0 Å². The van der Waals surface area contributed by atoms with Crippen molar-refractivity contribution >= 4 is 33.0 Å². The molecule has 0 aliphatic carbocycles. The summed E-state index contributed by atoms with van der Waals surface area (Å²) in [5, 5.41) is 2.81. The molecule has 0 aliphatic rings. The number of nitrogens with zero attached hydrogens (tertiary/aromatic N) is 1. The summed E-state index contributed by atoms with van der Waals surface area (Å²) in [6.45, 7) is 5.60. The van der Waals surface area contributed by atoms with Gasteiger partial charge < -0.3 is 4.74 Å². The molecule has 0 fully saturated rings. The lowest BCUT2D eigenvalue weighted by Crippen LogP contribution is -2.15. The number of thiazole rings is 1. The van der Waals surface area contributed by atoms with Crippen LogP contribution in [-0.4, -0.2) is 26.0 Å². The van der Waals surface area contributed by atoms with Gasteiger partial charge in [-0.05, 0) is 50.6 Å². The zero-order valence-corrected chi connectivity index (χ0v) is 17.4. The van der Waals surface area contributed by atoms with Gasteiger partial charge in [0, 0.05) is 16.6 Å². The summed E-state index contributed by atoms with van der Waals surface area (Å²) in [4.78, 5) is 16.5. The summed E-state index contributed by atoms with van der Waals surface area (Å²) in [7, 11) is -3.85. The molecule has 28 heavy (non-hydrogen) atoms. The molecule has 0 spiro atoms. The molecule has 1 aromatic heterocycles. The summed E-state index contributed by atoms with van der Waals surface area (Å²) < 4.78 is 33.5. The lowest BCUT2D eigenvalue weighted by atomic mass is 10.1. The van der Waals surface area contributed by atoms with Crippen molar-refractivity contribution in [1.82, 2.24) is 4.98 Å². The normalized spacial score (nSPS) is 11.2. The maximum atomic E-state index is 13.0. The second-order valence-electron chi connectivity index (χ2n) is 6.14. The van der Waals surface area contributed by atoms with Gasteiger partial charge in [0.1, 0.15) is 0 Å². The Morgan fingerprint density at radius 3 is 2.64 bits per heavy atom. The maximum absolute atomic E-state index is 13.0. The van der Waals surface area contributed by atoms with Crippen LogP contribution < -0.4 is 4.72 Å². The van der Waals surface area contributed by atoms with Gasteiger partial charge in [-0.25, -0.2) is 18.2 Å². The van der Waals surface area contributed by atoms with Gasteiger partial charge in [-0.2, -0.15) is 0 Å². The molecular weight excluding hydrogens is 396 g/mol. The Balaban J connectivity index is 1.93. The molecule has 0 saturated carbocycles. The van der Waals surface area contributed by atoms with Crippen LogP contribution in [0.25, 0.3) is 11.3 Å². The maximum Gasteiger partial charge on any atom is 0.338 e. The van der Waals surface area contributed by atoms with E-state index in [4.69, 9.17) is 4.74 Å². The summed E-state index contributed by atoms with van der Waals surface area (Å²) in [5.74, 6) is -0.499. The second kappa shape index (κ2) is 8.12. The summed E-state index contributed by atoms with van der Waals surface area (Å²) in [5.41, 5.74) is 2.66. The third kappa shape index (κ3) is 4.40. The third-order valence-electron chi connectivity index (χ3n) is 4.02. The molecule has 0 saturated heterocycles. The molecule has 2 aromatic carbocycles. The Bertz CT molecular complexity index is 1120. The fourth-order valence-electron chi connectivity index (χ4n) is 2.68. The molecule has 1 heterocycles. The van der Waals surface area contributed by atoms with E-state index in [9.17, 15) is 13.2 Å². The molecule has 146 valence electrons. The molecule has 0 radical (unpaired) electrons. The first kappa shape index (κ1) is 20.0. The molecule has 1 N–H and O–H groups in total. The first-order chi connectivity index (χ1) is 13.3. The number of anilines is 1. The van der Waals surface area contributed by atoms with E-state index in [0.717, 1.165) is 16.3 Å². The third-order valence-corrected chi connectivity index (χ3v) is 6.32. The van der Waals surface area contributed by atoms with Crippen LogP contribution in [0, 0.1) is 13.8 Å². The molecule has 3 rings (SSSR count). The second-order valence-corrected chi connectivity index (χ2v) is 8.85. The van der Waals surface area contributed by atoms with Crippen LogP contribution in [0.2, 0.25) is 0 Å². The fraction of sp³-hybridized carbons (Fsp3) is 0.200. The monoisotopic (exact) mass is 416 g/mol. The summed E-state index contributed by atoms with van der Waals surface area (Å²) in [6.07, 6.45) is 0. The predicted octanol–water partition coefficient (Wildman–Crippen LogP) is 4.40. The van der Waals surface area contributed by atoms with Crippen LogP contribution in [0.15, 0.2) is 52.7 Å². The molecular formula is C20H20N2O4S2. The number of hydrogen-bond acceptors (Lipinski definition) is 6. The van der Waals surface area contributed by atoms with E-state index in [2.05, 4.69) is 9.71 Å². The van der Waals surface area contributed by atoms with Crippen LogP contribution in [0.4, 0.5) is 5.69 Å². The number of rotatable bonds is 6. The van der Waals surface area contributed by atoms with Gasteiger partial charge in [0.15, 0.2) is 0 Å². The zero-order valence-electron chi connectivity index (χ0n) is 15.7. The molecule has 0 bridgehead atoms. The van der Waals surface area contributed by atoms with Crippen molar-refractivity contribution in [1.29, 1.82) is 0 Å². The Hall–Kier alpha value is -2.71. The first-order valence-electron chi connectivity index (χ1n) is 8.63. The van der Waals surface area contributed by atoms with E-state index in [0.29, 0.717) is 11.3 Å². The van der Waals surface area contributed by atoms with Crippen molar-refractivity contribution in [3.8, 4) is 11.3 Å². The minimum absolute atomic E-state index is 0.164. The minimum Gasteiger partial charge on any atom is -0.462 e. The summed E-state index contributed by atoms with van der Waals surface area (Å²) >= 11 is 1.51. The topological polar surface area (TPSA) is 85.4 Å². The highest BCUT2D eigenvalue weighted by molar-refractivity contribution is 7.92. The van der Waals surface area contributed by atoms with Gasteiger partial charge in [0.2, 0.25) is 0 Å². The van der Waals surface area contributed by atoms with Crippen molar-refractivity contribution in [2.24, 2.45) is 0 Å². The summed E-state index contributed by atoms with van der Waals surface area (Å²) in [6, 6.07) is 11.4. The van der Waals surface area contributed by atoms with Gasteiger partial charge in [0.25, 0.3) is 10.0 Å². The van der Waals surface area contributed by atoms with Gasteiger partial charge in [-0.15, -0.1) is 11.3 Å². The van der Waals surface area contributed by atoms with Gasteiger partial charge in [-0.1, -0.05) is 18.2 Å². The van der Waals surface area contributed by atoms with Crippen molar-refractivity contribution in [3.63, 3.8) is 0 Å². The Labute approximate surface area is 168 Å². The van der Waals surface area contributed by atoms with E-state index < -0.39 is 16.0 Å². The van der Waals surface area contributed by atoms with E-state index in [1.54, 1.807) is 44.2 Å². The quantitative estimate of drug-likeness (QED) is 0.602. The lowest BCUT2D eigenvalue weighted by Gasteiger charge is -2.12. The van der Waals surface area contributed by atoms with Crippen LogP contribution in [0.1, 0.15) is 27.9 Å². The number of carbonyl (C=O) groups excluding carboxylic acids is 1. The number of aromatic nitrogens is 1. The number of aryl methyl sites for hydroxylation is 2. The number of carbonyl (C=O) groups is 1. The van der Waals surface area contributed by atoms with Crippen molar-refractivity contribution in [2.75, 3.05) is 11.3 Å². The number of sulfonamides is 1. The average Bonchev–Trinajstić information content (AvgIpc) is 3.08. The van der Waals surface area contributed by atoms with E-state index in [1.165, 1.54) is 17.4 Å². The van der Waals surface area contributed by atoms with E-state index in [1.807, 2.05) is 18.4 Å². The fourth-order valence-corrected chi connectivity index (χ4v) is 4.62. The molecule has 8 heteroatoms. The highest BCUT2D eigenvalue weighted by atomic mass is 32.2. The highest BCUT2D eigenvalue weighted by Crippen LogP contribution is 2.27. The van der Waals surface area contributed by atoms with Crippen LogP contribution in [0.3, 0.4) is 0 Å². The van der Waals surface area contributed by atoms with Crippen LogP contribution in [-0.2, 0) is 14.8 Å². The van der Waals surface area contributed by atoms with Crippen molar-refractivity contribution in [2.45, 2.75) is 25.7 Å². The Morgan fingerprint density at radius 1 is 1.18 bits per heavy atom. The molecule has 0 amide bonds. The minimum atomic E-state index is -3.85.